The zero-order valence-electron chi connectivity index (χ0n) is 13.5. The van der Waals surface area contributed by atoms with Gasteiger partial charge in [0.2, 0.25) is 0 Å². The Bertz CT molecular complexity index is 503. The molecule has 2 N–H and O–H groups in total. The number of guanidine groups is 1. The average Bonchev–Trinajstić information content (AvgIpc) is 2.52. The van der Waals surface area contributed by atoms with Crippen LogP contribution in [0.5, 0.6) is 0 Å². The molecule has 1 aromatic rings. The first kappa shape index (κ1) is 18.2. The summed E-state index contributed by atoms with van der Waals surface area (Å²) in [4.78, 5) is 6.64. The fourth-order valence-electron chi connectivity index (χ4n) is 2.06. The molecule has 22 heavy (non-hydrogen) atoms. The molecule has 0 atom stereocenters. The van der Waals surface area contributed by atoms with Crippen molar-refractivity contribution in [3.8, 4) is 0 Å². The van der Waals surface area contributed by atoms with Gasteiger partial charge in [0, 0.05) is 25.7 Å². The van der Waals surface area contributed by atoms with Gasteiger partial charge in [0.1, 0.15) is 5.82 Å². The molecule has 0 bridgehead atoms. The van der Waals surface area contributed by atoms with E-state index in [0.29, 0.717) is 12.1 Å². The summed E-state index contributed by atoms with van der Waals surface area (Å²) in [5.41, 5.74) is 1.18. The Kier molecular flexibility index (Phi) is 8.22. The molecule has 4 nitrogen and oxygen atoms in total. The Morgan fingerprint density at radius 3 is 2.91 bits per heavy atom. The summed E-state index contributed by atoms with van der Waals surface area (Å²) in [6, 6.07) is 4.72. The first-order valence-electron chi connectivity index (χ1n) is 7.60. The number of halogens is 1. The Labute approximate surface area is 132 Å². The number of aliphatic imine (C=N–C) groups is 1. The third-order valence-electron chi connectivity index (χ3n) is 3.29. The van der Waals surface area contributed by atoms with Gasteiger partial charge in [-0.2, -0.15) is 0 Å². The van der Waals surface area contributed by atoms with Crippen molar-refractivity contribution in [2.45, 2.75) is 32.9 Å². The van der Waals surface area contributed by atoms with E-state index in [4.69, 9.17) is 5.11 Å². The summed E-state index contributed by atoms with van der Waals surface area (Å²) >= 11 is 0. The number of allylic oxidation sites excluding steroid dienone is 1. The normalized spacial score (nSPS) is 11.4. The van der Waals surface area contributed by atoms with E-state index < -0.39 is 0 Å². The molecule has 0 saturated carbocycles. The van der Waals surface area contributed by atoms with Gasteiger partial charge in [-0.25, -0.2) is 9.38 Å². The van der Waals surface area contributed by atoms with Crippen LogP contribution in [0, 0.1) is 5.82 Å². The summed E-state index contributed by atoms with van der Waals surface area (Å²) in [6.45, 7) is 7.57. The fourth-order valence-corrected chi connectivity index (χ4v) is 2.06. The van der Waals surface area contributed by atoms with Crippen molar-refractivity contribution >= 4 is 5.96 Å². The number of nitrogens with one attached hydrogen (secondary N) is 1. The SMILES string of the molecule is C=CCCCN(C)C(=NCc1ccc(F)c(CO)c1)NCC. The average molecular weight is 307 g/mol. The largest absolute Gasteiger partial charge is 0.392 e. The van der Waals surface area contributed by atoms with E-state index in [9.17, 15) is 4.39 Å². The van der Waals surface area contributed by atoms with Crippen molar-refractivity contribution in [2.24, 2.45) is 4.99 Å². The standard InChI is InChI=1S/C17H26FN3O/c1-4-6-7-10-21(3)17(19-5-2)20-12-14-8-9-16(18)15(11-14)13-22/h4,8-9,11,22H,1,5-7,10,12-13H2,2-3H3,(H,19,20). The molecule has 1 aromatic carbocycles. The van der Waals surface area contributed by atoms with Crippen LogP contribution in [-0.4, -0.2) is 36.1 Å². The third-order valence-corrected chi connectivity index (χ3v) is 3.29. The highest BCUT2D eigenvalue weighted by Crippen LogP contribution is 2.11. The smallest absolute Gasteiger partial charge is 0.193 e. The molecule has 0 radical (unpaired) electrons. The van der Waals surface area contributed by atoms with Crippen LogP contribution in [0.25, 0.3) is 0 Å². The summed E-state index contributed by atoms with van der Waals surface area (Å²) in [7, 11) is 1.99. The minimum atomic E-state index is -0.385. The van der Waals surface area contributed by atoms with E-state index in [0.717, 1.165) is 37.5 Å². The predicted octanol–water partition coefficient (Wildman–Crippen LogP) is 2.68. The van der Waals surface area contributed by atoms with Gasteiger partial charge in [0.15, 0.2) is 5.96 Å². The molecule has 0 aromatic heterocycles. The van der Waals surface area contributed by atoms with Gasteiger partial charge in [-0.1, -0.05) is 12.1 Å². The van der Waals surface area contributed by atoms with Crippen molar-refractivity contribution in [3.63, 3.8) is 0 Å². The highest BCUT2D eigenvalue weighted by molar-refractivity contribution is 5.79. The number of nitrogens with zero attached hydrogens (tertiary/aromatic N) is 2. The highest BCUT2D eigenvalue weighted by atomic mass is 19.1. The van der Waals surface area contributed by atoms with E-state index in [1.807, 2.05) is 20.0 Å². The number of hydrogen-bond donors (Lipinski definition) is 2. The molecule has 1 rings (SSSR count). The third kappa shape index (κ3) is 5.85. The van der Waals surface area contributed by atoms with Crippen LogP contribution < -0.4 is 5.32 Å². The maximum absolute atomic E-state index is 13.4. The zero-order chi connectivity index (χ0) is 16.4. The van der Waals surface area contributed by atoms with E-state index in [-0.39, 0.29) is 12.4 Å². The molecular formula is C17H26FN3O. The lowest BCUT2D eigenvalue weighted by molar-refractivity contribution is 0.275. The Hall–Kier alpha value is -1.88. The van der Waals surface area contributed by atoms with E-state index >= 15 is 0 Å². The van der Waals surface area contributed by atoms with E-state index in [2.05, 4.69) is 21.8 Å². The van der Waals surface area contributed by atoms with Crippen LogP contribution in [0.4, 0.5) is 4.39 Å². The van der Waals surface area contributed by atoms with Gasteiger partial charge in [-0.15, -0.1) is 6.58 Å². The molecule has 0 aliphatic carbocycles. The molecule has 0 unspecified atom stereocenters. The molecule has 122 valence electrons. The number of hydrogen-bond acceptors (Lipinski definition) is 2. The molecule has 0 aliphatic heterocycles. The summed E-state index contributed by atoms with van der Waals surface area (Å²) in [5.74, 6) is 0.435. The van der Waals surface area contributed by atoms with Crippen LogP contribution in [0.1, 0.15) is 30.9 Å². The molecular weight excluding hydrogens is 281 g/mol. The topological polar surface area (TPSA) is 47.9 Å². The summed E-state index contributed by atoms with van der Waals surface area (Å²) < 4.78 is 13.4. The number of rotatable bonds is 8. The number of unbranched alkanes of at least 4 members (excludes halogenated alkanes) is 1. The minimum absolute atomic E-state index is 0.301. The first-order chi connectivity index (χ1) is 10.6. The molecule has 0 amide bonds. The Morgan fingerprint density at radius 1 is 1.50 bits per heavy atom. The van der Waals surface area contributed by atoms with Gasteiger partial charge in [-0.05, 0) is 37.5 Å². The fraction of sp³-hybridized carbons (Fsp3) is 0.471. The molecule has 0 fully saturated rings. The quantitative estimate of drug-likeness (QED) is 0.336. The van der Waals surface area contributed by atoms with Gasteiger partial charge >= 0.3 is 0 Å². The lowest BCUT2D eigenvalue weighted by Gasteiger charge is -2.21. The number of aliphatic hydroxyl groups is 1. The lowest BCUT2D eigenvalue weighted by atomic mass is 10.1. The predicted molar refractivity (Wildman–Crippen MR) is 89.2 cm³/mol. The van der Waals surface area contributed by atoms with Gasteiger partial charge in [0.05, 0.1) is 13.2 Å². The maximum Gasteiger partial charge on any atom is 0.193 e. The Morgan fingerprint density at radius 2 is 2.27 bits per heavy atom. The number of benzene rings is 1. The molecule has 0 spiro atoms. The summed E-state index contributed by atoms with van der Waals surface area (Å²) in [6.07, 6.45) is 3.91. The maximum atomic E-state index is 13.4. The zero-order valence-corrected chi connectivity index (χ0v) is 13.5. The minimum Gasteiger partial charge on any atom is -0.392 e. The Balaban J connectivity index is 2.74. The first-order valence-corrected chi connectivity index (χ1v) is 7.60. The molecule has 0 aliphatic rings. The van der Waals surface area contributed by atoms with E-state index in [1.165, 1.54) is 6.07 Å². The molecule has 0 heterocycles. The van der Waals surface area contributed by atoms with Crippen LogP contribution in [0.2, 0.25) is 0 Å². The van der Waals surface area contributed by atoms with Crippen LogP contribution in [-0.2, 0) is 13.2 Å². The molecule has 5 heteroatoms. The van der Waals surface area contributed by atoms with Crippen molar-refractivity contribution in [2.75, 3.05) is 20.1 Å². The second-order valence-electron chi connectivity index (χ2n) is 5.11. The van der Waals surface area contributed by atoms with Crippen molar-refractivity contribution in [1.29, 1.82) is 0 Å². The highest BCUT2D eigenvalue weighted by Gasteiger charge is 2.06. The van der Waals surface area contributed by atoms with Crippen molar-refractivity contribution < 1.29 is 9.50 Å². The van der Waals surface area contributed by atoms with Gasteiger partial charge in [-0.3, -0.25) is 0 Å². The lowest BCUT2D eigenvalue weighted by Crippen LogP contribution is -2.39. The summed E-state index contributed by atoms with van der Waals surface area (Å²) in [5, 5.41) is 12.4. The van der Waals surface area contributed by atoms with E-state index in [1.54, 1.807) is 12.1 Å². The second-order valence-corrected chi connectivity index (χ2v) is 5.11. The number of aliphatic hydroxyl groups excluding tert-OH is 1. The molecule has 0 saturated heterocycles. The van der Waals surface area contributed by atoms with Crippen molar-refractivity contribution in [1.82, 2.24) is 10.2 Å². The second kappa shape index (κ2) is 9.95. The van der Waals surface area contributed by atoms with Crippen LogP contribution >= 0.6 is 0 Å². The van der Waals surface area contributed by atoms with Crippen LogP contribution in [0.15, 0.2) is 35.8 Å². The van der Waals surface area contributed by atoms with Crippen LogP contribution in [0.3, 0.4) is 0 Å². The van der Waals surface area contributed by atoms with Crippen molar-refractivity contribution in [3.05, 3.63) is 47.8 Å². The van der Waals surface area contributed by atoms with Gasteiger partial charge < -0.3 is 15.3 Å². The monoisotopic (exact) mass is 307 g/mol. The van der Waals surface area contributed by atoms with Gasteiger partial charge in [0.25, 0.3) is 0 Å².